The van der Waals surface area contributed by atoms with Gasteiger partial charge in [-0.2, -0.15) is 21.6 Å². The van der Waals surface area contributed by atoms with Gasteiger partial charge in [-0.1, -0.05) is 12.1 Å². The van der Waals surface area contributed by atoms with Gasteiger partial charge in [-0.05, 0) is 24.3 Å². The van der Waals surface area contributed by atoms with E-state index in [9.17, 15) is 30.4 Å². The lowest BCUT2D eigenvalue weighted by Gasteiger charge is -2.11. The largest absolute Gasteiger partial charge is 0.516 e. The Labute approximate surface area is 165 Å². The summed E-state index contributed by atoms with van der Waals surface area (Å²) in [7, 11) is -5.56. The van der Waals surface area contributed by atoms with Crippen LogP contribution >= 0.6 is 11.3 Å². The zero-order chi connectivity index (χ0) is 21.2. The van der Waals surface area contributed by atoms with Gasteiger partial charge in [0, 0.05) is 11.4 Å². The molecule has 0 bridgehead atoms. The monoisotopic (exact) mass is 450 g/mol. The number of sulfonamides is 1. The molecule has 5 nitrogen and oxygen atoms in total. The molecule has 0 atom stereocenters. The first-order valence-corrected chi connectivity index (χ1v) is 10.1. The van der Waals surface area contributed by atoms with Gasteiger partial charge in [0.15, 0.2) is 0 Å². The summed E-state index contributed by atoms with van der Waals surface area (Å²) in [5, 5.41) is 1.61. The Kier molecular flexibility index (Phi) is 5.75. The van der Waals surface area contributed by atoms with Crippen molar-refractivity contribution in [3.05, 3.63) is 65.2 Å². The first-order valence-electron chi connectivity index (χ1n) is 7.77. The summed E-state index contributed by atoms with van der Waals surface area (Å²) in [6.45, 7) is -0.151. The highest BCUT2D eigenvalue weighted by Crippen LogP contribution is 2.30. The minimum Gasteiger partial charge on any atom is -0.487 e. The summed E-state index contributed by atoms with van der Waals surface area (Å²) in [5.41, 5.74) is -5.74. The van der Waals surface area contributed by atoms with E-state index < -0.39 is 27.2 Å². The SMILES string of the molecule is O=S(=O)(Nc1cccc(OCc2csc(-c3c(F)cccc3F)n2)c1)C(F)(F)F. The van der Waals surface area contributed by atoms with Crippen molar-refractivity contribution in [1.29, 1.82) is 0 Å². The molecule has 1 heterocycles. The molecule has 154 valence electrons. The van der Waals surface area contributed by atoms with Gasteiger partial charge in [0.1, 0.15) is 29.0 Å². The molecule has 0 unspecified atom stereocenters. The Balaban J connectivity index is 1.71. The Bertz CT molecular complexity index is 1110. The summed E-state index contributed by atoms with van der Waals surface area (Å²) in [6, 6.07) is 8.31. The van der Waals surface area contributed by atoms with Crippen molar-refractivity contribution in [3.8, 4) is 16.3 Å². The molecule has 2 aromatic carbocycles. The minimum atomic E-state index is -5.56. The van der Waals surface area contributed by atoms with E-state index in [1.165, 1.54) is 28.3 Å². The van der Waals surface area contributed by atoms with Crippen LogP contribution in [0.15, 0.2) is 47.8 Å². The van der Waals surface area contributed by atoms with E-state index in [0.29, 0.717) is 5.69 Å². The number of hydrogen-bond donors (Lipinski definition) is 1. The van der Waals surface area contributed by atoms with Crippen LogP contribution in [0.2, 0.25) is 0 Å². The Hall–Kier alpha value is -2.73. The van der Waals surface area contributed by atoms with Gasteiger partial charge >= 0.3 is 15.5 Å². The van der Waals surface area contributed by atoms with Gasteiger partial charge in [0.25, 0.3) is 0 Å². The highest BCUT2D eigenvalue weighted by molar-refractivity contribution is 7.93. The van der Waals surface area contributed by atoms with Crippen molar-refractivity contribution in [2.24, 2.45) is 0 Å². The van der Waals surface area contributed by atoms with E-state index in [4.69, 9.17) is 4.74 Å². The number of benzene rings is 2. The molecule has 0 saturated heterocycles. The van der Waals surface area contributed by atoms with Crippen molar-refractivity contribution < 1.29 is 35.1 Å². The number of thiazole rings is 1. The molecule has 3 rings (SSSR count). The third-order valence-electron chi connectivity index (χ3n) is 3.51. The molecule has 0 aliphatic carbocycles. The van der Waals surface area contributed by atoms with Gasteiger partial charge < -0.3 is 4.74 Å². The smallest absolute Gasteiger partial charge is 0.487 e. The maximum absolute atomic E-state index is 13.8. The zero-order valence-corrected chi connectivity index (χ0v) is 15.8. The number of ether oxygens (including phenoxy) is 1. The van der Waals surface area contributed by atoms with Crippen molar-refractivity contribution in [2.75, 3.05) is 4.72 Å². The molecule has 0 aliphatic heterocycles. The normalized spacial score (nSPS) is 12.0. The summed E-state index contributed by atoms with van der Waals surface area (Å²) in [6.07, 6.45) is 0. The standard InChI is InChI=1S/C17H11F5N2O3S2/c18-13-5-2-6-14(19)15(13)16-23-11(9-28-16)8-27-12-4-1-3-10(7-12)24-29(25,26)17(20,21)22/h1-7,9,24H,8H2. The fourth-order valence-corrected chi connectivity index (χ4v) is 3.61. The van der Waals surface area contributed by atoms with E-state index in [0.717, 1.165) is 35.6 Å². The summed E-state index contributed by atoms with van der Waals surface area (Å²) >= 11 is 0.992. The molecular weight excluding hydrogens is 439 g/mol. The molecule has 12 heteroatoms. The van der Waals surface area contributed by atoms with Gasteiger partial charge in [-0.25, -0.2) is 13.8 Å². The third-order valence-corrected chi connectivity index (χ3v) is 5.53. The number of nitrogens with zero attached hydrogens (tertiary/aromatic N) is 1. The fraction of sp³-hybridized carbons (Fsp3) is 0.118. The molecule has 0 radical (unpaired) electrons. The number of hydrogen-bond acceptors (Lipinski definition) is 5. The average molecular weight is 450 g/mol. The second-order valence-electron chi connectivity index (χ2n) is 5.61. The summed E-state index contributed by atoms with van der Waals surface area (Å²) in [4.78, 5) is 4.08. The molecule has 0 aliphatic rings. The van der Waals surface area contributed by atoms with Gasteiger partial charge in [0.05, 0.1) is 16.9 Å². The molecule has 29 heavy (non-hydrogen) atoms. The summed E-state index contributed by atoms with van der Waals surface area (Å²) in [5.74, 6) is -1.47. The zero-order valence-electron chi connectivity index (χ0n) is 14.2. The molecule has 0 spiro atoms. The van der Waals surface area contributed by atoms with E-state index in [2.05, 4.69) is 4.98 Å². The lowest BCUT2D eigenvalue weighted by molar-refractivity contribution is -0.0429. The highest BCUT2D eigenvalue weighted by atomic mass is 32.2. The van der Waals surface area contributed by atoms with Crippen LogP contribution in [0.25, 0.3) is 10.6 Å². The number of rotatable bonds is 6. The van der Waals surface area contributed by atoms with E-state index >= 15 is 0 Å². The lowest BCUT2D eigenvalue weighted by atomic mass is 10.2. The Morgan fingerprint density at radius 2 is 1.72 bits per heavy atom. The molecular formula is C17H11F5N2O3S2. The van der Waals surface area contributed by atoms with Gasteiger partial charge in [-0.15, -0.1) is 11.3 Å². The minimum absolute atomic E-state index is 0.0685. The summed E-state index contributed by atoms with van der Waals surface area (Å²) < 4.78 is 94.1. The average Bonchev–Trinajstić information content (AvgIpc) is 3.07. The van der Waals surface area contributed by atoms with E-state index in [1.807, 2.05) is 0 Å². The van der Waals surface area contributed by atoms with Crippen LogP contribution in [0.4, 0.5) is 27.6 Å². The van der Waals surface area contributed by atoms with Crippen LogP contribution < -0.4 is 9.46 Å². The molecule has 3 aromatic rings. The van der Waals surface area contributed by atoms with Crippen LogP contribution in [-0.2, 0) is 16.6 Å². The molecule has 1 aromatic heterocycles. The fourth-order valence-electron chi connectivity index (χ4n) is 2.21. The maximum Gasteiger partial charge on any atom is 0.516 e. The second kappa shape index (κ2) is 7.95. The van der Waals surface area contributed by atoms with Gasteiger partial charge in [0.2, 0.25) is 0 Å². The lowest BCUT2D eigenvalue weighted by Crippen LogP contribution is -2.29. The number of alkyl halides is 3. The van der Waals surface area contributed by atoms with Crippen LogP contribution in [0.1, 0.15) is 5.69 Å². The molecule has 0 fully saturated rings. The third kappa shape index (κ3) is 4.82. The van der Waals surface area contributed by atoms with Crippen LogP contribution in [-0.4, -0.2) is 18.9 Å². The van der Waals surface area contributed by atoms with Crippen molar-refractivity contribution >= 4 is 27.0 Å². The van der Waals surface area contributed by atoms with Crippen molar-refractivity contribution in [2.45, 2.75) is 12.1 Å². The van der Waals surface area contributed by atoms with E-state index in [-0.39, 0.29) is 28.6 Å². The molecule has 0 amide bonds. The predicted molar refractivity (Wildman–Crippen MR) is 96.8 cm³/mol. The first kappa shape index (κ1) is 21.0. The second-order valence-corrected chi connectivity index (χ2v) is 8.14. The predicted octanol–water partition coefficient (Wildman–Crippen LogP) is 4.93. The maximum atomic E-state index is 13.8. The van der Waals surface area contributed by atoms with Crippen molar-refractivity contribution in [3.63, 3.8) is 0 Å². The number of halogens is 5. The Morgan fingerprint density at radius 3 is 2.38 bits per heavy atom. The van der Waals surface area contributed by atoms with Crippen LogP contribution in [0, 0.1) is 11.6 Å². The van der Waals surface area contributed by atoms with Crippen LogP contribution in [0.3, 0.4) is 0 Å². The highest BCUT2D eigenvalue weighted by Gasteiger charge is 2.46. The number of nitrogens with one attached hydrogen (secondary N) is 1. The quantitative estimate of drug-likeness (QED) is 0.541. The van der Waals surface area contributed by atoms with Crippen molar-refractivity contribution in [1.82, 2.24) is 4.98 Å². The number of aromatic nitrogens is 1. The Morgan fingerprint density at radius 1 is 1.07 bits per heavy atom. The topological polar surface area (TPSA) is 68.3 Å². The van der Waals surface area contributed by atoms with E-state index in [1.54, 1.807) is 0 Å². The first-order chi connectivity index (χ1) is 13.6. The molecule has 0 saturated carbocycles. The van der Waals surface area contributed by atoms with Gasteiger partial charge in [-0.3, -0.25) is 4.72 Å². The number of anilines is 1. The molecule has 1 N–H and O–H groups in total. The van der Waals surface area contributed by atoms with Crippen LogP contribution in [0.5, 0.6) is 5.75 Å².